The van der Waals surface area contributed by atoms with Crippen molar-refractivity contribution in [3.05, 3.63) is 64.7 Å². The van der Waals surface area contributed by atoms with E-state index < -0.39 is 0 Å². The highest BCUT2D eigenvalue weighted by Gasteiger charge is 2.09. The van der Waals surface area contributed by atoms with Gasteiger partial charge in [-0.1, -0.05) is 36.4 Å². The summed E-state index contributed by atoms with van der Waals surface area (Å²) in [6, 6.07) is 15.3. The van der Waals surface area contributed by atoms with E-state index in [-0.39, 0.29) is 0 Å². The first kappa shape index (κ1) is 19.4. The Bertz CT molecular complexity index is 725. The predicted molar refractivity (Wildman–Crippen MR) is 112 cm³/mol. The zero-order valence-corrected chi connectivity index (χ0v) is 16.7. The van der Waals surface area contributed by atoms with Crippen LogP contribution < -0.4 is 10.6 Å². The van der Waals surface area contributed by atoms with Gasteiger partial charge in [0, 0.05) is 24.8 Å². The second kappa shape index (κ2) is 8.97. The minimum absolute atomic E-state index is 0.521. The molecule has 0 saturated carbocycles. The molecule has 0 amide bonds. The van der Waals surface area contributed by atoms with Crippen LogP contribution >= 0.6 is 12.2 Å². The topological polar surface area (TPSA) is 27.3 Å². The lowest BCUT2D eigenvalue weighted by atomic mass is 10.1. The van der Waals surface area contributed by atoms with E-state index in [0.29, 0.717) is 11.2 Å². The van der Waals surface area contributed by atoms with E-state index in [1.165, 1.54) is 22.3 Å². The molecule has 0 aliphatic carbocycles. The summed E-state index contributed by atoms with van der Waals surface area (Å²) in [5.74, 6) is 0. The molecule has 0 spiro atoms. The van der Waals surface area contributed by atoms with Gasteiger partial charge >= 0.3 is 0 Å². The largest absolute Gasteiger partial charge is 0.358 e. The van der Waals surface area contributed by atoms with Crippen molar-refractivity contribution in [2.75, 3.05) is 12.4 Å². The molecule has 0 aliphatic rings. The number of aryl methyl sites for hydroxylation is 1. The number of benzene rings is 2. The number of anilines is 1. The normalized spacial score (nSPS) is 11.0. The molecule has 2 aromatic rings. The first-order chi connectivity index (χ1) is 11.9. The molecule has 2 rings (SSSR count). The Labute approximate surface area is 157 Å². The number of hydrogen-bond acceptors (Lipinski definition) is 2. The van der Waals surface area contributed by atoms with E-state index in [1.54, 1.807) is 0 Å². The van der Waals surface area contributed by atoms with Gasteiger partial charge in [0.05, 0.1) is 0 Å². The Morgan fingerprint density at radius 3 is 2.40 bits per heavy atom. The van der Waals surface area contributed by atoms with Crippen LogP contribution in [0.3, 0.4) is 0 Å². The molecule has 134 valence electrons. The average molecular weight is 356 g/mol. The third-order valence-electron chi connectivity index (χ3n) is 4.71. The second-order valence-corrected chi connectivity index (χ2v) is 7.24. The van der Waals surface area contributed by atoms with Gasteiger partial charge in [-0.15, -0.1) is 0 Å². The summed E-state index contributed by atoms with van der Waals surface area (Å²) in [4.78, 5) is 2.34. The maximum atomic E-state index is 5.48. The van der Waals surface area contributed by atoms with Crippen LogP contribution in [-0.4, -0.2) is 23.1 Å². The predicted octanol–water partition coefficient (Wildman–Crippen LogP) is 4.63. The quantitative estimate of drug-likeness (QED) is 0.739. The Morgan fingerprint density at radius 1 is 1.04 bits per heavy atom. The monoisotopic (exact) mass is 355 g/mol. The van der Waals surface area contributed by atoms with Crippen molar-refractivity contribution in [3.63, 3.8) is 0 Å². The molecular weight excluding hydrogens is 326 g/mol. The summed E-state index contributed by atoms with van der Waals surface area (Å²) in [5.41, 5.74) is 6.16. The molecular formula is C21H29N3S. The molecule has 2 aromatic carbocycles. The molecule has 25 heavy (non-hydrogen) atoms. The molecule has 4 heteroatoms. The van der Waals surface area contributed by atoms with E-state index in [0.717, 1.165) is 18.8 Å². The van der Waals surface area contributed by atoms with Gasteiger partial charge in [-0.3, -0.25) is 4.90 Å². The van der Waals surface area contributed by atoms with Crippen molar-refractivity contribution in [1.29, 1.82) is 0 Å². The first-order valence-electron chi connectivity index (χ1n) is 8.76. The zero-order valence-electron chi connectivity index (χ0n) is 15.9. The fourth-order valence-electron chi connectivity index (χ4n) is 2.56. The van der Waals surface area contributed by atoms with E-state index in [2.05, 4.69) is 86.7 Å². The van der Waals surface area contributed by atoms with Crippen molar-refractivity contribution in [2.45, 2.75) is 46.8 Å². The highest BCUT2D eigenvalue weighted by atomic mass is 32.1. The van der Waals surface area contributed by atoms with Crippen molar-refractivity contribution < 1.29 is 0 Å². The van der Waals surface area contributed by atoms with E-state index in [4.69, 9.17) is 12.2 Å². The van der Waals surface area contributed by atoms with Crippen LogP contribution in [0.2, 0.25) is 0 Å². The van der Waals surface area contributed by atoms with Crippen molar-refractivity contribution in [2.24, 2.45) is 0 Å². The standard InChI is InChI=1S/C21H29N3S/c1-15(2)24(5)14-19-11-7-6-10-18(19)13-22-21(25)23-20-12-8-9-16(3)17(20)4/h6-12,15H,13-14H2,1-5H3,(H2,22,23,25). The maximum Gasteiger partial charge on any atom is 0.171 e. The third kappa shape index (κ3) is 5.55. The molecule has 0 unspecified atom stereocenters. The molecule has 0 aromatic heterocycles. The fraction of sp³-hybridized carbons (Fsp3) is 0.381. The maximum absolute atomic E-state index is 5.48. The smallest absolute Gasteiger partial charge is 0.171 e. The highest BCUT2D eigenvalue weighted by molar-refractivity contribution is 7.80. The van der Waals surface area contributed by atoms with E-state index in [1.807, 2.05) is 6.07 Å². The van der Waals surface area contributed by atoms with Crippen LogP contribution in [0.4, 0.5) is 5.69 Å². The molecule has 0 aliphatic heterocycles. The lowest BCUT2D eigenvalue weighted by Crippen LogP contribution is -2.30. The molecule has 0 saturated heterocycles. The molecule has 0 fully saturated rings. The lowest BCUT2D eigenvalue weighted by molar-refractivity contribution is 0.265. The Hall–Kier alpha value is -1.91. The Morgan fingerprint density at radius 2 is 1.72 bits per heavy atom. The summed E-state index contributed by atoms with van der Waals surface area (Å²) in [7, 11) is 2.15. The minimum atomic E-state index is 0.521. The van der Waals surface area contributed by atoms with Gasteiger partial charge in [0.2, 0.25) is 0 Å². The molecule has 0 atom stereocenters. The van der Waals surface area contributed by atoms with Gasteiger partial charge in [0.15, 0.2) is 5.11 Å². The van der Waals surface area contributed by atoms with Gasteiger partial charge in [-0.25, -0.2) is 0 Å². The molecule has 3 nitrogen and oxygen atoms in total. The van der Waals surface area contributed by atoms with Gasteiger partial charge < -0.3 is 10.6 Å². The summed E-state index contributed by atoms with van der Waals surface area (Å²) in [5, 5.41) is 7.30. The molecule has 2 N–H and O–H groups in total. The zero-order chi connectivity index (χ0) is 18.4. The van der Waals surface area contributed by atoms with Crippen LogP contribution in [0.1, 0.15) is 36.1 Å². The highest BCUT2D eigenvalue weighted by Crippen LogP contribution is 2.18. The van der Waals surface area contributed by atoms with Gasteiger partial charge in [-0.2, -0.15) is 0 Å². The Balaban J connectivity index is 1.99. The van der Waals surface area contributed by atoms with E-state index in [9.17, 15) is 0 Å². The third-order valence-corrected chi connectivity index (χ3v) is 4.96. The van der Waals surface area contributed by atoms with Crippen LogP contribution in [0.25, 0.3) is 0 Å². The number of thiocarbonyl (C=S) groups is 1. The van der Waals surface area contributed by atoms with Crippen LogP contribution in [0.5, 0.6) is 0 Å². The van der Waals surface area contributed by atoms with Gasteiger partial charge in [-0.05, 0) is 75.3 Å². The minimum Gasteiger partial charge on any atom is -0.358 e. The lowest BCUT2D eigenvalue weighted by Gasteiger charge is -2.23. The van der Waals surface area contributed by atoms with Gasteiger partial charge in [0.1, 0.15) is 0 Å². The van der Waals surface area contributed by atoms with E-state index >= 15 is 0 Å². The second-order valence-electron chi connectivity index (χ2n) is 6.83. The van der Waals surface area contributed by atoms with Crippen molar-refractivity contribution >= 4 is 23.0 Å². The molecule has 0 heterocycles. The number of nitrogens with one attached hydrogen (secondary N) is 2. The SMILES string of the molecule is Cc1cccc(NC(=S)NCc2ccccc2CN(C)C(C)C)c1C. The van der Waals surface area contributed by atoms with Crippen molar-refractivity contribution in [1.82, 2.24) is 10.2 Å². The summed E-state index contributed by atoms with van der Waals surface area (Å²) in [6.45, 7) is 10.3. The van der Waals surface area contributed by atoms with Crippen LogP contribution in [0.15, 0.2) is 42.5 Å². The average Bonchev–Trinajstić information content (AvgIpc) is 2.58. The summed E-state index contributed by atoms with van der Waals surface area (Å²) >= 11 is 5.48. The molecule has 0 radical (unpaired) electrons. The van der Waals surface area contributed by atoms with Gasteiger partial charge in [0.25, 0.3) is 0 Å². The number of nitrogens with zero attached hydrogens (tertiary/aromatic N) is 1. The first-order valence-corrected chi connectivity index (χ1v) is 9.17. The molecule has 0 bridgehead atoms. The summed E-state index contributed by atoms with van der Waals surface area (Å²) in [6.07, 6.45) is 0. The van der Waals surface area contributed by atoms with Crippen LogP contribution in [-0.2, 0) is 13.1 Å². The van der Waals surface area contributed by atoms with Crippen LogP contribution in [0, 0.1) is 13.8 Å². The fourth-order valence-corrected chi connectivity index (χ4v) is 2.75. The number of rotatable bonds is 6. The summed E-state index contributed by atoms with van der Waals surface area (Å²) < 4.78 is 0. The number of hydrogen-bond donors (Lipinski definition) is 2. The Kier molecular flexibility index (Phi) is 6.97. The van der Waals surface area contributed by atoms with Crippen molar-refractivity contribution in [3.8, 4) is 0 Å².